The van der Waals surface area contributed by atoms with Crippen LogP contribution < -0.4 is 9.46 Å². The number of methoxy groups -OCH3 is 1. The molecule has 0 heterocycles. The van der Waals surface area contributed by atoms with Crippen molar-refractivity contribution in [1.29, 1.82) is 0 Å². The SMILES string of the molecule is CNS(=O)(=O)c1cc(C(=O)N(C)Cc2ccccc2-c2ccccc2)ccc1OC. The first kappa shape index (κ1) is 21.5. The van der Waals surface area contributed by atoms with Crippen LogP contribution in [0.3, 0.4) is 0 Å². The van der Waals surface area contributed by atoms with Crippen LogP contribution in [0.5, 0.6) is 5.75 Å². The van der Waals surface area contributed by atoms with Gasteiger partial charge in [0.1, 0.15) is 10.6 Å². The number of hydrogen-bond donors (Lipinski definition) is 1. The van der Waals surface area contributed by atoms with Crippen LogP contribution in [0.25, 0.3) is 11.1 Å². The van der Waals surface area contributed by atoms with Crippen LogP contribution >= 0.6 is 0 Å². The summed E-state index contributed by atoms with van der Waals surface area (Å²) < 4.78 is 32.0. The van der Waals surface area contributed by atoms with Gasteiger partial charge in [0.2, 0.25) is 10.0 Å². The lowest BCUT2D eigenvalue weighted by Gasteiger charge is -2.20. The number of amides is 1. The first-order valence-electron chi connectivity index (χ1n) is 9.37. The molecule has 0 spiro atoms. The number of carbonyl (C=O) groups excluding carboxylic acids is 1. The number of hydrogen-bond acceptors (Lipinski definition) is 4. The summed E-state index contributed by atoms with van der Waals surface area (Å²) in [6.07, 6.45) is 0. The zero-order valence-electron chi connectivity index (χ0n) is 17.1. The monoisotopic (exact) mass is 424 g/mol. The predicted octanol–water partition coefficient (Wildman–Crippen LogP) is 3.54. The van der Waals surface area contributed by atoms with Gasteiger partial charge in [0.15, 0.2) is 0 Å². The number of nitrogens with one attached hydrogen (secondary N) is 1. The third-order valence-corrected chi connectivity index (χ3v) is 6.26. The number of ether oxygens (including phenoxy) is 1. The lowest BCUT2D eigenvalue weighted by molar-refractivity contribution is 0.0785. The van der Waals surface area contributed by atoms with E-state index in [0.717, 1.165) is 16.7 Å². The van der Waals surface area contributed by atoms with Crippen molar-refractivity contribution in [2.24, 2.45) is 0 Å². The number of nitrogens with zero attached hydrogens (tertiary/aromatic N) is 1. The third-order valence-electron chi connectivity index (χ3n) is 4.83. The van der Waals surface area contributed by atoms with E-state index in [2.05, 4.69) is 4.72 Å². The molecule has 0 aliphatic rings. The molecule has 7 heteroatoms. The van der Waals surface area contributed by atoms with Gasteiger partial charge < -0.3 is 9.64 Å². The zero-order valence-corrected chi connectivity index (χ0v) is 17.9. The van der Waals surface area contributed by atoms with Gasteiger partial charge in [-0.25, -0.2) is 13.1 Å². The molecule has 0 aromatic heterocycles. The Morgan fingerprint density at radius 1 is 1.00 bits per heavy atom. The van der Waals surface area contributed by atoms with Crippen LogP contribution in [0.1, 0.15) is 15.9 Å². The Hall–Kier alpha value is -3.16. The van der Waals surface area contributed by atoms with Crippen molar-refractivity contribution in [3.05, 3.63) is 83.9 Å². The Labute approximate surface area is 177 Å². The maximum atomic E-state index is 13.0. The fourth-order valence-electron chi connectivity index (χ4n) is 3.23. The summed E-state index contributed by atoms with van der Waals surface area (Å²) in [5.74, 6) is -0.106. The van der Waals surface area contributed by atoms with Crippen LogP contribution in [0.15, 0.2) is 77.7 Å². The minimum absolute atomic E-state index is 0.0727. The van der Waals surface area contributed by atoms with E-state index in [1.165, 1.54) is 26.3 Å². The molecule has 6 nitrogen and oxygen atoms in total. The lowest BCUT2D eigenvalue weighted by Crippen LogP contribution is -2.27. The van der Waals surface area contributed by atoms with Crippen molar-refractivity contribution >= 4 is 15.9 Å². The molecule has 0 aliphatic heterocycles. The summed E-state index contributed by atoms with van der Waals surface area (Å²) in [7, 11) is 0.627. The quantitative estimate of drug-likeness (QED) is 0.629. The van der Waals surface area contributed by atoms with E-state index in [1.54, 1.807) is 18.0 Å². The highest BCUT2D eigenvalue weighted by atomic mass is 32.2. The van der Waals surface area contributed by atoms with Gasteiger partial charge in [-0.1, -0.05) is 54.6 Å². The molecule has 0 radical (unpaired) electrons. The van der Waals surface area contributed by atoms with Crippen molar-refractivity contribution in [3.8, 4) is 16.9 Å². The van der Waals surface area contributed by atoms with E-state index >= 15 is 0 Å². The molecular formula is C23H24N2O4S. The fourth-order valence-corrected chi connectivity index (χ4v) is 4.15. The van der Waals surface area contributed by atoms with Gasteiger partial charge in [-0.15, -0.1) is 0 Å². The Kier molecular flexibility index (Phi) is 6.54. The van der Waals surface area contributed by atoms with Gasteiger partial charge in [-0.2, -0.15) is 0 Å². The average Bonchev–Trinajstić information content (AvgIpc) is 2.79. The number of carbonyl (C=O) groups is 1. The van der Waals surface area contributed by atoms with Crippen LogP contribution in [0.2, 0.25) is 0 Å². The van der Waals surface area contributed by atoms with Gasteiger partial charge in [0, 0.05) is 19.2 Å². The molecule has 3 aromatic carbocycles. The smallest absolute Gasteiger partial charge is 0.253 e. The Balaban J connectivity index is 1.90. The molecule has 0 unspecified atom stereocenters. The van der Waals surface area contributed by atoms with Gasteiger partial charge >= 0.3 is 0 Å². The molecule has 3 rings (SSSR count). The zero-order chi connectivity index (χ0) is 21.7. The molecule has 0 bridgehead atoms. The predicted molar refractivity (Wildman–Crippen MR) is 117 cm³/mol. The summed E-state index contributed by atoms with van der Waals surface area (Å²) in [6, 6.07) is 22.3. The molecular weight excluding hydrogens is 400 g/mol. The summed E-state index contributed by atoms with van der Waals surface area (Å²) in [6.45, 7) is 0.379. The Morgan fingerprint density at radius 2 is 1.67 bits per heavy atom. The minimum Gasteiger partial charge on any atom is -0.495 e. The van der Waals surface area contributed by atoms with Gasteiger partial charge in [-0.3, -0.25) is 4.79 Å². The first-order valence-corrected chi connectivity index (χ1v) is 10.9. The van der Waals surface area contributed by atoms with E-state index < -0.39 is 10.0 Å². The van der Waals surface area contributed by atoms with Crippen molar-refractivity contribution < 1.29 is 17.9 Å². The van der Waals surface area contributed by atoms with E-state index in [9.17, 15) is 13.2 Å². The van der Waals surface area contributed by atoms with Crippen molar-refractivity contribution in [2.75, 3.05) is 21.2 Å². The molecule has 0 fully saturated rings. The van der Waals surface area contributed by atoms with E-state index in [-0.39, 0.29) is 22.1 Å². The second-order valence-corrected chi connectivity index (χ2v) is 8.61. The van der Waals surface area contributed by atoms with Crippen LogP contribution in [0.4, 0.5) is 0 Å². The lowest BCUT2D eigenvalue weighted by atomic mass is 9.99. The molecule has 0 atom stereocenters. The van der Waals surface area contributed by atoms with E-state index in [0.29, 0.717) is 6.54 Å². The molecule has 30 heavy (non-hydrogen) atoms. The molecule has 3 aromatic rings. The van der Waals surface area contributed by atoms with Gasteiger partial charge in [0.05, 0.1) is 7.11 Å². The highest BCUT2D eigenvalue weighted by molar-refractivity contribution is 7.89. The first-order chi connectivity index (χ1) is 14.4. The average molecular weight is 425 g/mol. The number of sulfonamides is 1. The molecule has 1 N–H and O–H groups in total. The molecule has 156 valence electrons. The number of benzene rings is 3. The second-order valence-electron chi connectivity index (χ2n) is 6.76. The second kappa shape index (κ2) is 9.11. The molecule has 1 amide bonds. The summed E-state index contributed by atoms with van der Waals surface area (Å²) in [5.41, 5.74) is 3.38. The van der Waals surface area contributed by atoms with Crippen LogP contribution in [-0.2, 0) is 16.6 Å². The summed E-state index contributed by atoms with van der Waals surface area (Å²) in [4.78, 5) is 14.5. The summed E-state index contributed by atoms with van der Waals surface area (Å²) in [5, 5.41) is 0. The van der Waals surface area contributed by atoms with E-state index in [1.807, 2.05) is 54.6 Å². The van der Waals surface area contributed by atoms with Crippen molar-refractivity contribution in [2.45, 2.75) is 11.4 Å². The number of rotatable bonds is 7. The van der Waals surface area contributed by atoms with Crippen LogP contribution in [0, 0.1) is 0 Å². The fraction of sp³-hybridized carbons (Fsp3) is 0.174. The minimum atomic E-state index is -3.77. The van der Waals surface area contributed by atoms with Crippen LogP contribution in [-0.4, -0.2) is 40.4 Å². The van der Waals surface area contributed by atoms with E-state index in [4.69, 9.17) is 4.74 Å². The van der Waals surface area contributed by atoms with Crippen molar-refractivity contribution in [3.63, 3.8) is 0 Å². The Bertz CT molecular complexity index is 1140. The molecule has 0 saturated heterocycles. The van der Waals surface area contributed by atoms with Gasteiger partial charge in [0.25, 0.3) is 5.91 Å². The highest BCUT2D eigenvalue weighted by Crippen LogP contribution is 2.27. The molecule has 0 aliphatic carbocycles. The standard InChI is InChI=1S/C23H24N2O4S/c1-24-30(27,28)22-15-18(13-14-21(22)29-3)23(26)25(2)16-19-11-7-8-12-20(19)17-9-5-4-6-10-17/h4-15,24H,16H2,1-3H3. The van der Waals surface area contributed by atoms with Crippen molar-refractivity contribution in [1.82, 2.24) is 9.62 Å². The third kappa shape index (κ3) is 4.53. The summed E-state index contributed by atoms with van der Waals surface area (Å²) >= 11 is 0. The maximum absolute atomic E-state index is 13.0. The largest absolute Gasteiger partial charge is 0.495 e. The normalized spacial score (nSPS) is 11.2. The van der Waals surface area contributed by atoms with Gasteiger partial charge in [-0.05, 0) is 41.9 Å². The Morgan fingerprint density at radius 3 is 2.33 bits per heavy atom. The topological polar surface area (TPSA) is 75.7 Å². The highest BCUT2D eigenvalue weighted by Gasteiger charge is 2.22. The maximum Gasteiger partial charge on any atom is 0.253 e. The molecule has 0 saturated carbocycles.